The van der Waals surface area contributed by atoms with E-state index in [1.54, 1.807) is 34.6 Å². The molecule has 1 unspecified atom stereocenters. The number of hydrogen-bond donors (Lipinski definition) is 1. The highest BCUT2D eigenvalue weighted by Crippen LogP contribution is 2.43. The van der Waals surface area contributed by atoms with Gasteiger partial charge in [-0.2, -0.15) is 18.3 Å². The van der Waals surface area contributed by atoms with Gasteiger partial charge in [-0.05, 0) is 41.0 Å². The first kappa shape index (κ1) is 23.7. The summed E-state index contributed by atoms with van der Waals surface area (Å²) in [6.45, 7) is 10.1. The van der Waals surface area contributed by atoms with Crippen molar-refractivity contribution in [2.45, 2.75) is 65.8 Å². The van der Waals surface area contributed by atoms with E-state index >= 15 is 0 Å². The predicted octanol–water partition coefficient (Wildman–Crippen LogP) is 4.77. The smallest absolute Gasteiger partial charge is 0.420 e. The third-order valence-electron chi connectivity index (χ3n) is 4.35. The molecule has 2 rings (SSSR count). The van der Waals surface area contributed by atoms with Gasteiger partial charge < -0.3 is 14.6 Å². The highest BCUT2D eigenvalue weighted by Gasteiger charge is 2.40. The van der Waals surface area contributed by atoms with Crippen LogP contribution in [0.2, 0.25) is 0 Å². The molecule has 0 aromatic carbocycles. The lowest BCUT2D eigenvalue weighted by Gasteiger charge is -2.24. The molecule has 0 amide bonds. The van der Waals surface area contributed by atoms with E-state index in [-0.39, 0.29) is 35.7 Å². The molecule has 30 heavy (non-hydrogen) atoms. The lowest BCUT2D eigenvalue weighted by molar-refractivity contribution is -0.140. The Morgan fingerprint density at radius 3 is 2.37 bits per heavy atom. The number of alkyl halides is 3. The molecule has 2 aromatic heterocycles. The molecule has 0 spiro atoms. The summed E-state index contributed by atoms with van der Waals surface area (Å²) in [4.78, 5) is 16.1. The molecule has 1 atom stereocenters. The van der Waals surface area contributed by atoms with Gasteiger partial charge in [0.05, 0.1) is 24.4 Å². The number of aliphatic hydroxyl groups excluding tert-OH is 1. The van der Waals surface area contributed by atoms with E-state index in [1.165, 1.54) is 11.6 Å². The third kappa shape index (κ3) is 4.75. The number of hydrogen-bond acceptors (Lipinski definition) is 6. The number of pyridine rings is 1. The molecule has 1 N–H and O–H groups in total. The van der Waals surface area contributed by atoms with Gasteiger partial charge in [-0.1, -0.05) is 6.92 Å². The largest absolute Gasteiger partial charge is 0.461 e. The Bertz CT molecular complexity index is 917. The lowest BCUT2D eigenvalue weighted by Crippen LogP contribution is -2.24. The first-order valence-corrected chi connectivity index (χ1v) is 9.51. The Labute approximate surface area is 172 Å². The highest BCUT2D eigenvalue weighted by atomic mass is 19.4. The quantitative estimate of drug-likeness (QED) is 0.666. The number of ether oxygens (including phenoxy) is 2. The zero-order valence-electron chi connectivity index (χ0n) is 17.8. The van der Waals surface area contributed by atoms with E-state index in [4.69, 9.17) is 9.47 Å². The van der Waals surface area contributed by atoms with Crippen LogP contribution < -0.4 is 4.74 Å². The number of halogens is 3. The topological polar surface area (TPSA) is 86.5 Å². The number of aliphatic hydroxyl groups is 1. The molecule has 166 valence electrons. The molecule has 0 aliphatic rings. The van der Waals surface area contributed by atoms with Gasteiger partial charge in [0.15, 0.2) is 11.4 Å². The van der Waals surface area contributed by atoms with Gasteiger partial charge in [0, 0.05) is 17.3 Å². The molecule has 10 heteroatoms. The third-order valence-corrected chi connectivity index (χ3v) is 4.35. The number of aromatic nitrogens is 3. The van der Waals surface area contributed by atoms with E-state index in [1.807, 2.05) is 0 Å². The summed E-state index contributed by atoms with van der Waals surface area (Å²) in [5.74, 6) is -1.33. The van der Waals surface area contributed by atoms with E-state index in [0.29, 0.717) is 0 Å². The minimum Gasteiger partial charge on any atom is -0.461 e. The zero-order valence-corrected chi connectivity index (χ0v) is 17.8. The van der Waals surface area contributed by atoms with Gasteiger partial charge in [0.1, 0.15) is 5.56 Å². The number of rotatable bonds is 6. The van der Waals surface area contributed by atoms with Gasteiger partial charge >= 0.3 is 12.1 Å². The Kier molecular flexibility index (Phi) is 6.80. The van der Waals surface area contributed by atoms with Crippen LogP contribution in [0.25, 0.3) is 0 Å². The molecular weight excluding hydrogens is 403 g/mol. The molecule has 0 radical (unpaired) electrons. The van der Waals surface area contributed by atoms with Crippen molar-refractivity contribution in [3.8, 4) is 11.6 Å². The maximum Gasteiger partial charge on any atom is 0.420 e. The van der Waals surface area contributed by atoms with Crippen LogP contribution >= 0.6 is 0 Å². The van der Waals surface area contributed by atoms with E-state index in [2.05, 4.69) is 10.1 Å². The second-order valence-electron chi connectivity index (χ2n) is 7.71. The summed E-state index contributed by atoms with van der Waals surface area (Å²) >= 11 is 0. The number of carbonyl (C=O) groups excluding carboxylic acids is 1. The number of esters is 1. The van der Waals surface area contributed by atoms with Crippen molar-refractivity contribution in [3.63, 3.8) is 0 Å². The fourth-order valence-electron chi connectivity index (χ4n) is 2.86. The minimum atomic E-state index is -4.80. The summed E-state index contributed by atoms with van der Waals surface area (Å²) in [6, 6.07) is 0. The Hall–Kier alpha value is -2.62. The van der Waals surface area contributed by atoms with Crippen molar-refractivity contribution in [2.24, 2.45) is 0 Å². The molecule has 7 nitrogen and oxygen atoms in total. The van der Waals surface area contributed by atoms with Gasteiger partial charge in [-0.15, -0.1) is 0 Å². The number of carbonyl (C=O) groups is 1. The van der Waals surface area contributed by atoms with Crippen LogP contribution in [-0.4, -0.2) is 32.4 Å². The molecule has 0 fully saturated rings. The van der Waals surface area contributed by atoms with Crippen LogP contribution in [0.5, 0.6) is 11.6 Å². The summed E-state index contributed by atoms with van der Waals surface area (Å²) in [5, 5.41) is 14.3. The fourth-order valence-corrected chi connectivity index (χ4v) is 2.86. The maximum atomic E-state index is 13.9. The number of nitrogens with zero attached hydrogens (tertiary/aromatic N) is 3. The molecule has 0 saturated carbocycles. The van der Waals surface area contributed by atoms with E-state index < -0.39 is 35.1 Å². The van der Waals surface area contributed by atoms with Crippen molar-refractivity contribution < 1.29 is 32.5 Å². The minimum absolute atomic E-state index is 0.0407. The summed E-state index contributed by atoms with van der Waals surface area (Å²) < 4.78 is 53.6. The second kappa shape index (κ2) is 8.63. The summed E-state index contributed by atoms with van der Waals surface area (Å²) in [6.07, 6.45) is -4.18. The van der Waals surface area contributed by atoms with Crippen LogP contribution in [0.15, 0.2) is 12.4 Å². The molecule has 0 saturated heterocycles. The fraction of sp³-hybridized carbons (Fsp3) is 0.550. The van der Waals surface area contributed by atoms with Crippen molar-refractivity contribution in [1.29, 1.82) is 0 Å². The van der Waals surface area contributed by atoms with Crippen molar-refractivity contribution >= 4 is 5.97 Å². The van der Waals surface area contributed by atoms with Crippen LogP contribution in [-0.2, 0) is 16.5 Å². The van der Waals surface area contributed by atoms with Crippen molar-refractivity contribution in [1.82, 2.24) is 14.8 Å². The predicted molar refractivity (Wildman–Crippen MR) is 102 cm³/mol. The van der Waals surface area contributed by atoms with Gasteiger partial charge in [-0.25, -0.2) is 9.48 Å². The lowest BCUT2D eigenvalue weighted by atomic mass is 10.0. The summed E-state index contributed by atoms with van der Waals surface area (Å²) in [7, 11) is 0. The first-order valence-electron chi connectivity index (χ1n) is 9.51. The molecular formula is C20H26F3N3O4. The normalized spacial score (nSPS) is 13.3. The molecule has 0 aliphatic heterocycles. The molecule has 2 aromatic rings. The van der Waals surface area contributed by atoms with Crippen molar-refractivity contribution in [3.05, 3.63) is 34.8 Å². The Morgan fingerprint density at radius 2 is 1.87 bits per heavy atom. The molecule has 0 aliphatic carbocycles. The Morgan fingerprint density at radius 1 is 1.23 bits per heavy atom. The van der Waals surface area contributed by atoms with Gasteiger partial charge in [0.25, 0.3) is 0 Å². The van der Waals surface area contributed by atoms with Crippen LogP contribution in [0.1, 0.15) is 74.3 Å². The average Bonchev–Trinajstić information content (AvgIpc) is 2.97. The van der Waals surface area contributed by atoms with Crippen molar-refractivity contribution in [2.75, 3.05) is 6.61 Å². The van der Waals surface area contributed by atoms with E-state index in [9.17, 15) is 23.1 Å². The highest BCUT2D eigenvalue weighted by molar-refractivity contribution is 5.89. The molecule has 2 heterocycles. The zero-order chi connectivity index (χ0) is 22.9. The molecule has 0 bridgehead atoms. The SMILES string of the molecule is CCOC(=O)c1nn(C(C)(C)C)c(Oc2cncc(C(O)CC)c2C(F)(F)F)c1C. The second-order valence-corrected chi connectivity index (χ2v) is 7.71. The van der Waals surface area contributed by atoms with Crippen LogP contribution in [0.3, 0.4) is 0 Å². The first-order chi connectivity index (χ1) is 13.8. The maximum absolute atomic E-state index is 13.9. The monoisotopic (exact) mass is 429 g/mol. The standard InChI is InChI=1S/C20H26F3N3O4/c1-7-13(27)12-9-24-10-14(15(12)20(21,22)23)30-17-11(3)16(18(28)29-8-2)25-26(17)19(4,5)6/h9-10,13,27H,7-8H2,1-6H3. The van der Waals surface area contributed by atoms with Gasteiger partial charge in [-0.3, -0.25) is 4.98 Å². The Balaban J connectivity index is 2.69. The van der Waals surface area contributed by atoms with Gasteiger partial charge in [0.2, 0.25) is 5.88 Å². The van der Waals surface area contributed by atoms with E-state index in [0.717, 1.165) is 12.4 Å². The summed E-state index contributed by atoms with van der Waals surface area (Å²) in [5.41, 5.74) is -2.03. The van der Waals surface area contributed by atoms with Crippen LogP contribution in [0, 0.1) is 6.92 Å². The van der Waals surface area contributed by atoms with Crippen LogP contribution in [0.4, 0.5) is 13.2 Å². The average molecular weight is 429 g/mol.